The molecule has 1 atom stereocenters. The van der Waals surface area contributed by atoms with Crippen molar-refractivity contribution in [2.45, 2.75) is 12.5 Å². The zero-order valence-corrected chi connectivity index (χ0v) is 10.9. The summed E-state index contributed by atoms with van der Waals surface area (Å²) in [5.41, 5.74) is 0.627. The van der Waals surface area contributed by atoms with Gasteiger partial charge in [0.25, 0.3) is 0 Å². The van der Waals surface area contributed by atoms with Gasteiger partial charge in [-0.25, -0.2) is 9.97 Å². The predicted octanol–water partition coefficient (Wildman–Crippen LogP) is -0.110. The van der Waals surface area contributed by atoms with E-state index in [-0.39, 0.29) is 6.61 Å². The Bertz CT molecular complexity index is 384. The smallest absolute Gasteiger partial charge is 0.222 e. The lowest BCUT2D eigenvalue weighted by Crippen LogP contribution is -2.61. The second-order valence-corrected chi connectivity index (χ2v) is 4.79. The molecular weight excluding hydrogens is 232 g/mol. The summed E-state index contributed by atoms with van der Waals surface area (Å²) in [5, 5.41) is 12.8. The van der Waals surface area contributed by atoms with Gasteiger partial charge in [-0.1, -0.05) is 0 Å². The molecule has 0 saturated carbocycles. The number of aliphatic hydroxyl groups excluding tert-OH is 1. The van der Waals surface area contributed by atoms with Crippen molar-refractivity contribution in [2.75, 3.05) is 45.3 Å². The van der Waals surface area contributed by atoms with Crippen molar-refractivity contribution in [3.8, 4) is 0 Å². The lowest BCUT2D eigenvalue weighted by molar-refractivity contribution is -0.0726. The number of ether oxygens (including phenoxy) is 1. The Hall–Kier alpha value is -1.24. The number of aryl methyl sites for hydroxylation is 1. The molecule has 0 amide bonds. The summed E-state index contributed by atoms with van der Waals surface area (Å²) in [7, 11) is 2.00. The van der Waals surface area contributed by atoms with Crippen LogP contribution in [0.15, 0.2) is 12.4 Å². The monoisotopic (exact) mass is 252 g/mol. The van der Waals surface area contributed by atoms with Gasteiger partial charge < -0.3 is 15.2 Å². The predicted molar refractivity (Wildman–Crippen MR) is 68.5 cm³/mol. The van der Waals surface area contributed by atoms with Crippen LogP contribution in [-0.2, 0) is 4.74 Å². The molecule has 0 spiro atoms. The molecule has 0 aromatic carbocycles. The standard InChI is InChI=1S/C12H20N4O2/c1-10-5-13-11(14-6-10)15-7-12(8-17)9-18-4-3-16(12)2/h5-6,17H,3-4,7-9H2,1-2H3,(H,13,14,15). The van der Waals surface area contributed by atoms with Crippen LogP contribution in [0.5, 0.6) is 0 Å². The van der Waals surface area contributed by atoms with E-state index in [1.54, 1.807) is 12.4 Å². The lowest BCUT2D eigenvalue weighted by atomic mass is 9.98. The number of nitrogens with zero attached hydrogens (tertiary/aromatic N) is 3. The van der Waals surface area contributed by atoms with E-state index in [4.69, 9.17) is 4.74 Å². The third-order valence-electron chi connectivity index (χ3n) is 3.40. The van der Waals surface area contributed by atoms with Gasteiger partial charge in [-0.3, -0.25) is 4.90 Å². The molecule has 1 aromatic rings. The first-order valence-corrected chi connectivity index (χ1v) is 6.09. The van der Waals surface area contributed by atoms with Crippen LogP contribution in [0.3, 0.4) is 0 Å². The number of aliphatic hydroxyl groups is 1. The molecule has 1 aliphatic rings. The summed E-state index contributed by atoms with van der Waals surface area (Å²) in [6, 6.07) is 0. The van der Waals surface area contributed by atoms with Crippen molar-refractivity contribution >= 4 is 5.95 Å². The number of aromatic nitrogens is 2. The second-order valence-electron chi connectivity index (χ2n) is 4.79. The molecule has 1 unspecified atom stereocenters. The molecule has 0 bridgehead atoms. The summed E-state index contributed by atoms with van der Waals surface area (Å²) in [6.07, 6.45) is 3.53. The van der Waals surface area contributed by atoms with E-state index in [0.717, 1.165) is 12.1 Å². The fourth-order valence-electron chi connectivity index (χ4n) is 1.95. The van der Waals surface area contributed by atoms with Crippen LogP contribution < -0.4 is 5.32 Å². The van der Waals surface area contributed by atoms with Gasteiger partial charge in [0, 0.05) is 25.5 Å². The first-order valence-electron chi connectivity index (χ1n) is 6.09. The molecule has 1 aromatic heterocycles. The average Bonchev–Trinajstić information content (AvgIpc) is 2.40. The van der Waals surface area contributed by atoms with E-state index in [1.807, 2.05) is 14.0 Å². The molecule has 100 valence electrons. The van der Waals surface area contributed by atoms with Gasteiger partial charge in [0.05, 0.1) is 25.4 Å². The normalized spacial score (nSPS) is 25.1. The average molecular weight is 252 g/mol. The van der Waals surface area contributed by atoms with Crippen molar-refractivity contribution in [1.29, 1.82) is 0 Å². The molecule has 0 aliphatic carbocycles. The Balaban J connectivity index is 2.00. The van der Waals surface area contributed by atoms with Gasteiger partial charge >= 0.3 is 0 Å². The first kappa shape index (κ1) is 13.2. The summed E-state index contributed by atoms with van der Waals surface area (Å²) in [4.78, 5) is 10.5. The van der Waals surface area contributed by atoms with E-state index in [9.17, 15) is 5.11 Å². The Morgan fingerprint density at radius 1 is 1.50 bits per heavy atom. The molecule has 18 heavy (non-hydrogen) atoms. The molecule has 2 N–H and O–H groups in total. The van der Waals surface area contributed by atoms with Gasteiger partial charge in [-0.2, -0.15) is 0 Å². The zero-order valence-electron chi connectivity index (χ0n) is 10.9. The van der Waals surface area contributed by atoms with Crippen LogP contribution in [0.25, 0.3) is 0 Å². The van der Waals surface area contributed by atoms with Crippen molar-refractivity contribution < 1.29 is 9.84 Å². The topological polar surface area (TPSA) is 70.5 Å². The van der Waals surface area contributed by atoms with Crippen LogP contribution in [0.2, 0.25) is 0 Å². The van der Waals surface area contributed by atoms with Crippen molar-refractivity contribution in [2.24, 2.45) is 0 Å². The highest BCUT2D eigenvalue weighted by molar-refractivity contribution is 5.25. The minimum absolute atomic E-state index is 0.0440. The van der Waals surface area contributed by atoms with E-state index in [2.05, 4.69) is 20.2 Å². The van der Waals surface area contributed by atoms with Crippen LogP contribution in [0.4, 0.5) is 5.95 Å². The highest BCUT2D eigenvalue weighted by Gasteiger charge is 2.37. The Labute approximate surface area is 107 Å². The maximum Gasteiger partial charge on any atom is 0.222 e. The van der Waals surface area contributed by atoms with Crippen molar-refractivity contribution in [1.82, 2.24) is 14.9 Å². The fraction of sp³-hybridized carbons (Fsp3) is 0.667. The molecular formula is C12H20N4O2. The van der Waals surface area contributed by atoms with Gasteiger partial charge in [-0.05, 0) is 19.5 Å². The molecule has 1 aliphatic heterocycles. The molecule has 0 radical (unpaired) electrons. The van der Waals surface area contributed by atoms with E-state index >= 15 is 0 Å². The Morgan fingerprint density at radius 2 is 2.22 bits per heavy atom. The number of likely N-dealkylation sites (N-methyl/N-ethyl adjacent to an activating group) is 1. The summed E-state index contributed by atoms with van der Waals surface area (Å²) >= 11 is 0. The second kappa shape index (κ2) is 5.60. The highest BCUT2D eigenvalue weighted by Crippen LogP contribution is 2.18. The summed E-state index contributed by atoms with van der Waals surface area (Å²) in [6.45, 7) is 4.59. The number of anilines is 1. The van der Waals surface area contributed by atoms with Gasteiger partial charge in [0.15, 0.2) is 0 Å². The minimum Gasteiger partial charge on any atom is -0.394 e. The van der Waals surface area contributed by atoms with E-state index < -0.39 is 5.54 Å². The third kappa shape index (κ3) is 2.77. The SMILES string of the molecule is Cc1cnc(NCC2(CO)COCCN2C)nc1. The number of morpholine rings is 1. The Morgan fingerprint density at radius 3 is 2.83 bits per heavy atom. The van der Waals surface area contributed by atoms with E-state index in [1.165, 1.54) is 0 Å². The summed E-state index contributed by atoms with van der Waals surface area (Å²) < 4.78 is 5.47. The van der Waals surface area contributed by atoms with Crippen LogP contribution in [0, 0.1) is 6.92 Å². The highest BCUT2D eigenvalue weighted by atomic mass is 16.5. The largest absolute Gasteiger partial charge is 0.394 e. The first-order chi connectivity index (χ1) is 8.66. The lowest BCUT2D eigenvalue weighted by Gasteiger charge is -2.43. The van der Waals surface area contributed by atoms with Crippen LogP contribution in [-0.4, -0.2) is 65.5 Å². The number of hydrogen-bond acceptors (Lipinski definition) is 6. The molecule has 2 heterocycles. The molecule has 6 nitrogen and oxygen atoms in total. The fourth-order valence-corrected chi connectivity index (χ4v) is 1.95. The third-order valence-corrected chi connectivity index (χ3v) is 3.40. The quantitative estimate of drug-likeness (QED) is 0.779. The molecule has 1 fully saturated rings. The molecule has 2 rings (SSSR count). The van der Waals surface area contributed by atoms with E-state index in [0.29, 0.717) is 25.7 Å². The zero-order chi connectivity index (χ0) is 13.0. The van der Waals surface area contributed by atoms with Crippen molar-refractivity contribution in [3.05, 3.63) is 18.0 Å². The van der Waals surface area contributed by atoms with Crippen LogP contribution >= 0.6 is 0 Å². The van der Waals surface area contributed by atoms with Crippen molar-refractivity contribution in [3.63, 3.8) is 0 Å². The molecule has 1 saturated heterocycles. The van der Waals surface area contributed by atoms with Gasteiger partial charge in [-0.15, -0.1) is 0 Å². The maximum absolute atomic E-state index is 9.63. The Kier molecular flexibility index (Phi) is 4.11. The van der Waals surface area contributed by atoms with Gasteiger partial charge in [0.1, 0.15) is 0 Å². The summed E-state index contributed by atoms with van der Waals surface area (Å²) in [5.74, 6) is 0.576. The number of nitrogens with one attached hydrogen (secondary N) is 1. The number of hydrogen-bond donors (Lipinski definition) is 2. The number of rotatable bonds is 4. The minimum atomic E-state index is -0.396. The van der Waals surface area contributed by atoms with Gasteiger partial charge in [0.2, 0.25) is 5.95 Å². The molecule has 6 heteroatoms. The maximum atomic E-state index is 9.63. The van der Waals surface area contributed by atoms with Crippen LogP contribution in [0.1, 0.15) is 5.56 Å².